The first kappa shape index (κ1) is 17.0. The lowest BCUT2D eigenvalue weighted by atomic mass is 10.1. The van der Waals surface area contributed by atoms with Gasteiger partial charge in [-0.05, 0) is 25.5 Å². The molecule has 4 rings (SSSR count). The van der Waals surface area contributed by atoms with Crippen LogP contribution in [-0.2, 0) is 9.53 Å². The Morgan fingerprint density at radius 3 is 2.81 bits per heavy atom. The van der Waals surface area contributed by atoms with Gasteiger partial charge in [0.1, 0.15) is 6.07 Å². The second kappa shape index (κ2) is 6.71. The van der Waals surface area contributed by atoms with Crippen LogP contribution in [0.25, 0.3) is 10.9 Å². The van der Waals surface area contributed by atoms with Gasteiger partial charge in [-0.25, -0.2) is 0 Å². The van der Waals surface area contributed by atoms with Gasteiger partial charge in [0.25, 0.3) is 5.91 Å². The average molecular weight is 368 g/mol. The number of ether oxygens (including phenoxy) is 1. The SMILES string of the molecule is CC1=C(C(=O)N2CCOCC2)SCN1c1ccc(C)c2c(C#N)c[nH]c12. The van der Waals surface area contributed by atoms with Crippen molar-refractivity contribution < 1.29 is 9.53 Å². The van der Waals surface area contributed by atoms with Gasteiger partial charge in [0, 0.05) is 30.4 Å². The molecular weight excluding hydrogens is 348 g/mol. The summed E-state index contributed by atoms with van der Waals surface area (Å²) in [6.07, 6.45) is 1.75. The van der Waals surface area contributed by atoms with Crippen molar-refractivity contribution >= 4 is 34.3 Å². The van der Waals surface area contributed by atoms with Gasteiger partial charge in [0.2, 0.25) is 0 Å². The van der Waals surface area contributed by atoms with Crippen molar-refractivity contribution in [3.63, 3.8) is 0 Å². The normalized spacial score (nSPS) is 17.9. The highest BCUT2D eigenvalue weighted by atomic mass is 32.2. The number of carbonyl (C=O) groups excluding carboxylic acids is 1. The molecule has 0 bridgehead atoms. The van der Waals surface area contributed by atoms with E-state index in [0.717, 1.165) is 32.8 Å². The zero-order valence-electron chi connectivity index (χ0n) is 14.8. The summed E-state index contributed by atoms with van der Waals surface area (Å²) in [6, 6.07) is 6.34. The van der Waals surface area contributed by atoms with Gasteiger partial charge in [0.05, 0.1) is 40.8 Å². The largest absolute Gasteiger partial charge is 0.378 e. The van der Waals surface area contributed by atoms with Crippen LogP contribution in [-0.4, -0.2) is 48.0 Å². The molecule has 7 heteroatoms. The number of morpholine rings is 1. The number of anilines is 1. The van der Waals surface area contributed by atoms with Crippen molar-refractivity contribution in [1.29, 1.82) is 5.26 Å². The lowest BCUT2D eigenvalue weighted by Gasteiger charge is -2.27. The molecule has 2 aromatic rings. The van der Waals surface area contributed by atoms with Gasteiger partial charge >= 0.3 is 0 Å². The quantitative estimate of drug-likeness (QED) is 0.882. The first-order valence-corrected chi connectivity index (χ1v) is 9.59. The number of amides is 1. The van der Waals surface area contributed by atoms with Crippen LogP contribution in [0.15, 0.2) is 28.9 Å². The number of nitriles is 1. The third-order valence-electron chi connectivity index (χ3n) is 5.00. The Morgan fingerprint density at radius 2 is 2.08 bits per heavy atom. The van der Waals surface area contributed by atoms with Crippen LogP contribution < -0.4 is 4.90 Å². The number of benzene rings is 1. The standard InChI is InChI=1S/C19H20N4O2S/c1-12-3-4-15(17-16(12)14(9-20)10-21-17)23-11-26-18(13(23)2)19(24)22-5-7-25-8-6-22/h3-4,10,21H,5-8,11H2,1-2H3. The van der Waals surface area contributed by atoms with Crippen LogP contribution in [0.5, 0.6) is 0 Å². The minimum atomic E-state index is 0.0888. The number of aromatic nitrogens is 1. The fourth-order valence-corrected chi connectivity index (χ4v) is 4.71. The minimum absolute atomic E-state index is 0.0888. The molecule has 1 aromatic carbocycles. The number of nitrogens with zero attached hydrogens (tertiary/aromatic N) is 3. The summed E-state index contributed by atoms with van der Waals surface area (Å²) in [4.78, 5) is 20.9. The molecule has 26 heavy (non-hydrogen) atoms. The van der Waals surface area contributed by atoms with E-state index in [2.05, 4.69) is 22.0 Å². The summed E-state index contributed by atoms with van der Waals surface area (Å²) >= 11 is 1.58. The van der Waals surface area contributed by atoms with Crippen molar-refractivity contribution in [3.05, 3.63) is 40.1 Å². The molecule has 0 unspecified atom stereocenters. The van der Waals surface area contributed by atoms with Crippen molar-refractivity contribution in [3.8, 4) is 6.07 Å². The van der Waals surface area contributed by atoms with Gasteiger partial charge in [-0.15, -0.1) is 0 Å². The lowest BCUT2D eigenvalue weighted by Crippen LogP contribution is -2.41. The van der Waals surface area contributed by atoms with E-state index < -0.39 is 0 Å². The smallest absolute Gasteiger partial charge is 0.262 e. The first-order chi connectivity index (χ1) is 12.6. The van der Waals surface area contributed by atoms with E-state index >= 15 is 0 Å². The number of nitrogens with one attached hydrogen (secondary N) is 1. The summed E-state index contributed by atoms with van der Waals surface area (Å²) in [7, 11) is 0. The first-order valence-electron chi connectivity index (χ1n) is 8.61. The van der Waals surface area contributed by atoms with Crippen LogP contribution in [0.2, 0.25) is 0 Å². The molecule has 1 aromatic heterocycles. The Hall–Kier alpha value is -2.43. The molecule has 0 radical (unpaired) electrons. The summed E-state index contributed by atoms with van der Waals surface area (Å²) in [5.41, 5.74) is 4.63. The molecule has 6 nitrogen and oxygen atoms in total. The fraction of sp³-hybridized carbons (Fsp3) is 0.368. The summed E-state index contributed by atoms with van der Waals surface area (Å²) in [5.74, 6) is 0.780. The van der Waals surface area contributed by atoms with Gasteiger partial charge < -0.3 is 19.5 Å². The van der Waals surface area contributed by atoms with Gasteiger partial charge in [-0.2, -0.15) is 5.26 Å². The number of H-pyrrole nitrogens is 1. The van der Waals surface area contributed by atoms with Crippen LogP contribution in [0.4, 0.5) is 5.69 Å². The highest BCUT2D eigenvalue weighted by molar-refractivity contribution is 8.04. The Bertz CT molecular complexity index is 950. The highest BCUT2D eigenvalue weighted by Gasteiger charge is 2.31. The molecule has 0 aliphatic carbocycles. The Labute approximate surface area is 156 Å². The number of rotatable bonds is 2. The molecule has 3 heterocycles. The second-order valence-electron chi connectivity index (χ2n) is 6.49. The molecule has 1 fully saturated rings. The zero-order valence-corrected chi connectivity index (χ0v) is 15.7. The highest BCUT2D eigenvalue weighted by Crippen LogP contribution is 2.40. The minimum Gasteiger partial charge on any atom is -0.378 e. The van der Waals surface area contributed by atoms with E-state index in [1.54, 1.807) is 18.0 Å². The molecule has 0 atom stereocenters. The van der Waals surface area contributed by atoms with E-state index in [-0.39, 0.29) is 5.91 Å². The fourth-order valence-electron chi connectivity index (χ4n) is 3.55. The molecular formula is C19H20N4O2S. The number of aromatic amines is 1. The Kier molecular flexibility index (Phi) is 4.39. The van der Waals surface area contributed by atoms with Crippen LogP contribution in [0.1, 0.15) is 18.1 Å². The number of allylic oxidation sites excluding steroid dienone is 1. The number of hydrogen-bond donors (Lipinski definition) is 1. The van der Waals surface area contributed by atoms with E-state index in [0.29, 0.717) is 37.7 Å². The average Bonchev–Trinajstić information content (AvgIpc) is 3.27. The molecule has 1 saturated heterocycles. The molecule has 2 aliphatic rings. The maximum atomic E-state index is 12.9. The van der Waals surface area contributed by atoms with Crippen LogP contribution >= 0.6 is 11.8 Å². The second-order valence-corrected chi connectivity index (χ2v) is 7.44. The number of hydrogen-bond acceptors (Lipinski definition) is 5. The van der Waals surface area contributed by atoms with Crippen LogP contribution in [0.3, 0.4) is 0 Å². The van der Waals surface area contributed by atoms with Gasteiger partial charge in [0.15, 0.2) is 0 Å². The summed E-state index contributed by atoms with van der Waals surface area (Å²) in [5, 5.41) is 10.3. The molecule has 0 spiro atoms. The van der Waals surface area contributed by atoms with Crippen molar-refractivity contribution in [2.75, 3.05) is 37.1 Å². The molecule has 1 N–H and O–H groups in total. The van der Waals surface area contributed by atoms with E-state index in [1.165, 1.54) is 0 Å². The number of fused-ring (bicyclic) bond motifs is 1. The molecule has 2 aliphatic heterocycles. The monoisotopic (exact) mass is 368 g/mol. The number of aryl methyl sites for hydroxylation is 1. The lowest BCUT2D eigenvalue weighted by molar-refractivity contribution is -0.130. The predicted octanol–water partition coefficient (Wildman–Crippen LogP) is 2.95. The summed E-state index contributed by atoms with van der Waals surface area (Å²) < 4.78 is 5.34. The van der Waals surface area contributed by atoms with E-state index in [9.17, 15) is 10.1 Å². The van der Waals surface area contributed by atoms with Gasteiger partial charge in [-0.1, -0.05) is 17.8 Å². The van der Waals surface area contributed by atoms with Crippen molar-refractivity contribution in [2.24, 2.45) is 0 Å². The number of thioether (sulfide) groups is 1. The third-order valence-corrected chi connectivity index (χ3v) is 6.14. The van der Waals surface area contributed by atoms with E-state index in [1.807, 2.05) is 24.8 Å². The molecule has 134 valence electrons. The maximum absolute atomic E-state index is 12.9. The number of carbonyl (C=O) groups is 1. The van der Waals surface area contributed by atoms with Crippen LogP contribution in [0, 0.1) is 18.3 Å². The third kappa shape index (κ3) is 2.66. The van der Waals surface area contributed by atoms with E-state index in [4.69, 9.17) is 4.74 Å². The molecule has 0 saturated carbocycles. The maximum Gasteiger partial charge on any atom is 0.262 e. The van der Waals surface area contributed by atoms with Crippen molar-refractivity contribution in [2.45, 2.75) is 13.8 Å². The van der Waals surface area contributed by atoms with Crippen molar-refractivity contribution in [1.82, 2.24) is 9.88 Å². The Morgan fingerprint density at radius 1 is 1.31 bits per heavy atom. The zero-order chi connectivity index (χ0) is 18.3. The van der Waals surface area contributed by atoms with Gasteiger partial charge in [-0.3, -0.25) is 4.79 Å². The summed E-state index contributed by atoms with van der Waals surface area (Å²) in [6.45, 7) is 6.50. The Balaban J connectivity index is 1.71. The molecule has 1 amide bonds. The predicted molar refractivity (Wildman–Crippen MR) is 103 cm³/mol. The topological polar surface area (TPSA) is 72.4 Å².